The van der Waals surface area contributed by atoms with Gasteiger partial charge in [-0.2, -0.15) is 5.10 Å². The topological polar surface area (TPSA) is 101 Å². The van der Waals surface area contributed by atoms with Crippen LogP contribution in [0.1, 0.15) is 29.4 Å². The lowest BCUT2D eigenvalue weighted by Gasteiger charge is -2.40. The maximum absolute atomic E-state index is 13.5. The molecule has 2 N–H and O–H groups in total. The van der Waals surface area contributed by atoms with Gasteiger partial charge >= 0.3 is 0 Å². The quantitative estimate of drug-likeness (QED) is 0.268. The number of ether oxygens (including phenoxy) is 1. The summed E-state index contributed by atoms with van der Waals surface area (Å²) in [6.07, 6.45) is 6.91. The van der Waals surface area contributed by atoms with Crippen LogP contribution < -0.4 is 5.32 Å². The Bertz CT molecular complexity index is 1720. The summed E-state index contributed by atoms with van der Waals surface area (Å²) in [5.41, 5.74) is 4.98. The van der Waals surface area contributed by atoms with Crippen LogP contribution in [-0.2, 0) is 4.74 Å². The Labute approximate surface area is 234 Å². The monoisotopic (exact) mass is 555 g/mol. The fraction of sp³-hybridized carbons (Fsp3) is 0.267. The van der Waals surface area contributed by atoms with Crippen molar-refractivity contribution in [1.29, 1.82) is 0 Å². The number of likely N-dealkylation sites (tertiary alicyclic amines) is 1. The number of anilines is 2. The highest BCUT2D eigenvalue weighted by Crippen LogP contribution is 2.40. The molecule has 41 heavy (non-hydrogen) atoms. The first kappa shape index (κ1) is 25.3. The largest absolute Gasteiger partial charge is 0.381 e. The maximum atomic E-state index is 13.5. The summed E-state index contributed by atoms with van der Waals surface area (Å²) >= 11 is 0. The molecule has 1 aliphatic carbocycles. The zero-order valence-corrected chi connectivity index (χ0v) is 22.2. The zero-order valence-electron chi connectivity index (χ0n) is 22.2. The van der Waals surface area contributed by atoms with Crippen LogP contribution in [0.2, 0.25) is 0 Å². The van der Waals surface area contributed by atoms with Gasteiger partial charge in [-0.15, -0.1) is 0 Å². The highest BCUT2D eigenvalue weighted by Gasteiger charge is 2.47. The van der Waals surface area contributed by atoms with Crippen molar-refractivity contribution in [3.05, 3.63) is 78.9 Å². The van der Waals surface area contributed by atoms with Gasteiger partial charge in [0, 0.05) is 53.3 Å². The van der Waals surface area contributed by atoms with Crippen LogP contribution >= 0.6 is 0 Å². The summed E-state index contributed by atoms with van der Waals surface area (Å²) in [5, 5.41) is 11.0. The molecular weight excluding hydrogens is 528 g/mol. The molecule has 2 aliphatic rings. The maximum Gasteiger partial charge on any atom is 0.282 e. The average Bonchev–Trinajstić information content (AvgIpc) is 3.60. The number of alkyl halides is 2. The standard InChI is InChI=1S/C30H27F2N7O2/c1-41-24-12-23(13-24)39-25-11-20(3-2-19(25)10-26(39)29(40)38-16-30(31,32)17-38)28-33-9-8-27(37-28)36-22-6-4-18(5-7-22)21-14-34-35-15-21/h2-11,14-15,23-24H,12-13,16-17H2,1H3,(H,34,35)(H,33,36,37). The fourth-order valence-corrected chi connectivity index (χ4v) is 5.55. The van der Waals surface area contributed by atoms with E-state index in [1.165, 1.54) is 4.90 Å². The third-order valence-corrected chi connectivity index (χ3v) is 7.86. The van der Waals surface area contributed by atoms with Crippen molar-refractivity contribution in [3.63, 3.8) is 0 Å². The molecule has 9 nitrogen and oxygen atoms in total. The lowest BCUT2D eigenvalue weighted by Crippen LogP contribution is -2.58. The molecule has 3 aromatic heterocycles. The number of methoxy groups -OCH3 is 1. The molecule has 0 unspecified atom stereocenters. The number of halogens is 2. The van der Waals surface area contributed by atoms with Crippen LogP contribution in [-0.4, -0.2) is 67.8 Å². The van der Waals surface area contributed by atoms with Gasteiger partial charge in [0.2, 0.25) is 0 Å². The number of fused-ring (bicyclic) bond motifs is 1. The summed E-state index contributed by atoms with van der Waals surface area (Å²) < 4.78 is 34.6. The van der Waals surface area contributed by atoms with Gasteiger partial charge in [-0.05, 0) is 48.7 Å². The molecule has 0 atom stereocenters. The summed E-state index contributed by atoms with van der Waals surface area (Å²) in [4.78, 5) is 23.7. The van der Waals surface area contributed by atoms with Crippen LogP contribution in [0.5, 0.6) is 0 Å². The number of aromatic nitrogens is 5. The van der Waals surface area contributed by atoms with Crippen LogP contribution in [0, 0.1) is 0 Å². The molecule has 7 rings (SSSR count). The van der Waals surface area contributed by atoms with E-state index in [1.54, 1.807) is 31.6 Å². The molecular formula is C30H27F2N7O2. The van der Waals surface area contributed by atoms with Gasteiger partial charge in [-0.25, -0.2) is 18.7 Å². The Morgan fingerprint density at radius 1 is 1.05 bits per heavy atom. The Hall–Kier alpha value is -4.64. The predicted molar refractivity (Wildman–Crippen MR) is 150 cm³/mol. The minimum Gasteiger partial charge on any atom is -0.381 e. The molecule has 11 heteroatoms. The van der Waals surface area contributed by atoms with Crippen molar-refractivity contribution in [2.75, 3.05) is 25.5 Å². The van der Waals surface area contributed by atoms with E-state index in [2.05, 4.69) is 20.5 Å². The number of carbonyl (C=O) groups excluding carboxylic acids is 1. The van der Waals surface area contributed by atoms with Crippen molar-refractivity contribution < 1.29 is 18.3 Å². The van der Waals surface area contributed by atoms with E-state index in [0.29, 0.717) is 17.3 Å². The molecule has 0 radical (unpaired) electrons. The van der Waals surface area contributed by atoms with Crippen molar-refractivity contribution in [2.45, 2.75) is 30.9 Å². The predicted octanol–water partition coefficient (Wildman–Crippen LogP) is 5.67. The highest BCUT2D eigenvalue weighted by atomic mass is 19.3. The van der Waals surface area contributed by atoms with Gasteiger partial charge in [0.25, 0.3) is 11.8 Å². The van der Waals surface area contributed by atoms with E-state index >= 15 is 0 Å². The van der Waals surface area contributed by atoms with Crippen molar-refractivity contribution in [3.8, 4) is 22.5 Å². The first-order valence-electron chi connectivity index (χ1n) is 13.4. The number of nitrogens with one attached hydrogen (secondary N) is 2. The van der Waals surface area contributed by atoms with Gasteiger partial charge in [-0.3, -0.25) is 9.89 Å². The molecule has 1 aliphatic heterocycles. The number of rotatable bonds is 7. The minimum atomic E-state index is -2.82. The number of hydrogen-bond acceptors (Lipinski definition) is 6. The molecule has 1 saturated carbocycles. The number of aromatic amines is 1. The number of amides is 1. The summed E-state index contributed by atoms with van der Waals surface area (Å²) in [7, 11) is 1.67. The summed E-state index contributed by atoms with van der Waals surface area (Å²) in [6, 6.07) is 17.4. The van der Waals surface area contributed by atoms with Gasteiger partial charge < -0.3 is 19.5 Å². The Morgan fingerprint density at radius 2 is 1.83 bits per heavy atom. The lowest BCUT2D eigenvalue weighted by atomic mass is 9.88. The molecule has 208 valence electrons. The van der Waals surface area contributed by atoms with E-state index in [0.717, 1.165) is 46.1 Å². The lowest BCUT2D eigenvalue weighted by molar-refractivity contribution is -0.113. The third-order valence-electron chi connectivity index (χ3n) is 7.86. The SMILES string of the molecule is COC1CC(n2c(C(=O)N3CC(F)(F)C3)cc3ccc(-c4nccc(Nc5ccc(-c6cn[nH]c6)cc5)n4)cc32)C1. The van der Waals surface area contributed by atoms with Gasteiger partial charge in [0.05, 0.1) is 25.4 Å². The molecule has 0 spiro atoms. The molecule has 2 aromatic carbocycles. The first-order chi connectivity index (χ1) is 19.9. The van der Waals surface area contributed by atoms with Crippen molar-refractivity contribution >= 4 is 28.3 Å². The molecule has 2 fully saturated rings. The van der Waals surface area contributed by atoms with Crippen LogP contribution in [0.15, 0.2) is 73.2 Å². The van der Waals surface area contributed by atoms with Gasteiger partial charge in [0.15, 0.2) is 5.82 Å². The van der Waals surface area contributed by atoms with E-state index in [1.807, 2.05) is 53.2 Å². The summed E-state index contributed by atoms with van der Waals surface area (Å²) in [6.45, 7) is -1.10. The number of benzene rings is 2. The van der Waals surface area contributed by atoms with E-state index in [9.17, 15) is 13.6 Å². The smallest absolute Gasteiger partial charge is 0.282 e. The van der Waals surface area contributed by atoms with E-state index in [-0.39, 0.29) is 18.1 Å². The van der Waals surface area contributed by atoms with Crippen molar-refractivity contribution in [1.82, 2.24) is 29.6 Å². The molecule has 0 bridgehead atoms. The second kappa shape index (κ2) is 9.77. The van der Waals surface area contributed by atoms with E-state index < -0.39 is 19.0 Å². The number of nitrogens with zero attached hydrogens (tertiary/aromatic N) is 5. The Morgan fingerprint density at radius 3 is 2.54 bits per heavy atom. The second-order valence-corrected chi connectivity index (χ2v) is 10.6. The van der Waals surface area contributed by atoms with Crippen LogP contribution in [0.25, 0.3) is 33.4 Å². The van der Waals surface area contributed by atoms with Crippen molar-refractivity contribution in [2.24, 2.45) is 0 Å². The number of H-pyrrole nitrogens is 1. The molecule has 1 saturated heterocycles. The normalized spacial score (nSPS) is 19.5. The number of hydrogen-bond donors (Lipinski definition) is 2. The van der Waals surface area contributed by atoms with Gasteiger partial charge in [0.1, 0.15) is 11.5 Å². The molecule has 4 heterocycles. The fourth-order valence-electron chi connectivity index (χ4n) is 5.55. The second-order valence-electron chi connectivity index (χ2n) is 10.6. The zero-order chi connectivity index (χ0) is 28.1. The average molecular weight is 556 g/mol. The first-order valence-corrected chi connectivity index (χ1v) is 13.4. The highest BCUT2D eigenvalue weighted by molar-refractivity contribution is 6.00. The Kier molecular flexibility index (Phi) is 6.04. The van der Waals surface area contributed by atoms with E-state index in [4.69, 9.17) is 9.72 Å². The summed E-state index contributed by atoms with van der Waals surface area (Å²) in [5.74, 6) is -2.04. The van der Waals surface area contributed by atoms with Crippen LogP contribution in [0.4, 0.5) is 20.3 Å². The van der Waals surface area contributed by atoms with Gasteiger partial charge in [-0.1, -0.05) is 24.3 Å². The molecule has 1 amide bonds. The minimum absolute atomic E-state index is 0.0346. The third kappa shape index (κ3) is 4.71. The Balaban J connectivity index is 1.18. The molecule has 5 aromatic rings. The van der Waals surface area contributed by atoms with Crippen LogP contribution in [0.3, 0.4) is 0 Å². The number of carbonyl (C=O) groups is 1.